The monoisotopic (exact) mass is 275 g/mol. The fourth-order valence-corrected chi connectivity index (χ4v) is 2.43. The molecule has 0 radical (unpaired) electrons. The summed E-state index contributed by atoms with van der Waals surface area (Å²) in [6.07, 6.45) is 2.95. The summed E-state index contributed by atoms with van der Waals surface area (Å²) >= 11 is 0. The fourth-order valence-electron chi connectivity index (χ4n) is 2.43. The van der Waals surface area contributed by atoms with Gasteiger partial charge in [0, 0.05) is 19.2 Å². The van der Waals surface area contributed by atoms with Crippen molar-refractivity contribution in [1.82, 2.24) is 10.2 Å². The lowest BCUT2D eigenvalue weighted by molar-refractivity contribution is -0.133. The normalized spacial score (nSPS) is 18.4. The Morgan fingerprint density at radius 2 is 2.35 bits per heavy atom. The molecule has 1 saturated heterocycles. The number of carbonyl (C=O) groups excluding carboxylic acids is 1. The molecule has 0 unspecified atom stereocenters. The van der Waals surface area contributed by atoms with Gasteiger partial charge in [0.1, 0.15) is 5.82 Å². The highest BCUT2D eigenvalue weighted by atomic mass is 19.1. The van der Waals surface area contributed by atoms with Gasteiger partial charge in [-0.05, 0) is 37.6 Å². The average Bonchev–Trinajstić information content (AvgIpc) is 2.49. The van der Waals surface area contributed by atoms with Crippen molar-refractivity contribution >= 4 is 5.91 Å². The average molecular weight is 275 g/mol. The van der Waals surface area contributed by atoms with E-state index in [-0.39, 0.29) is 24.3 Å². The van der Waals surface area contributed by atoms with Crippen LogP contribution >= 0.6 is 0 Å². The van der Waals surface area contributed by atoms with E-state index in [9.17, 15) is 9.18 Å². The van der Waals surface area contributed by atoms with Gasteiger partial charge in [-0.1, -0.05) is 6.42 Å². The first-order valence-corrected chi connectivity index (χ1v) is 6.78. The van der Waals surface area contributed by atoms with Crippen LogP contribution in [0.1, 0.15) is 30.4 Å². The van der Waals surface area contributed by atoms with E-state index < -0.39 is 0 Å². The minimum Gasteiger partial charge on any atom is -0.340 e. The van der Waals surface area contributed by atoms with Crippen molar-refractivity contribution in [1.29, 1.82) is 5.26 Å². The van der Waals surface area contributed by atoms with Gasteiger partial charge in [-0.25, -0.2) is 4.39 Å². The quantitative estimate of drug-likeness (QED) is 0.915. The number of likely N-dealkylation sites (N-methyl/N-ethyl adjacent to an activating group) is 1. The highest BCUT2D eigenvalue weighted by molar-refractivity contribution is 5.81. The van der Waals surface area contributed by atoms with Crippen molar-refractivity contribution in [3.63, 3.8) is 0 Å². The van der Waals surface area contributed by atoms with Gasteiger partial charge >= 0.3 is 0 Å². The minimum atomic E-state index is -0.389. The number of piperidine rings is 1. The van der Waals surface area contributed by atoms with Crippen molar-refractivity contribution in [2.24, 2.45) is 0 Å². The molecular formula is C15H18FN3O. The van der Waals surface area contributed by atoms with Crippen LogP contribution in [-0.2, 0) is 11.3 Å². The summed E-state index contributed by atoms with van der Waals surface area (Å²) in [5, 5.41) is 12.0. The smallest absolute Gasteiger partial charge is 0.239 e. The molecule has 20 heavy (non-hydrogen) atoms. The van der Waals surface area contributed by atoms with Crippen LogP contribution in [0.25, 0.3) is 0 Å². The van der Waals surface area contributed by atoms with E-state index in [0.717, 1.165) is 25.8 Å². The zero-order chi connectivity index (χ0) is 14.5. The van der Waals surface area contributed by atoms with E-state index >= 15 is 0 Å². The Morgan fingerprint density at radius 3 is 3.00 bits per heavy atom. The van der Waals surface area contributed by atoms with Gasteiger partial charge in [0.2, 0.25) is 5.91 Å². The summed E-state index contributed by atoms with van der Waals surface area (Å²) in [7, 11) is 1.66. The second-order valence-corrected chi connectivity index (χ2v) is 5.11. The summed E-state index contributed by atoms with van der Waals surface area (Å²) in [5.41, 5.74) is 0.772. The third-order valence-electron chi connectivity index (χ3n) is 3.57. The highest BCUT2D eigenvalue weighted by Crippen LogP contribution is 2.15. The molecule has 1 atom stereocenters. The molecular weight excluding hydrogens is 257 g/mol. The molecule has 1 heterocycles. The molecule has 0 aromatic heterocycles. The number of halogens is 1. The van der Waals surface area contributed by atoms with Gasteiger partial charge in [0.05, 0.1) is 17.7 Å². The minimum absolute atomic E-state index is 0.0218. The number of amides is 1. The molecule has 0 bridgehead atoms. The second-order valence-electron chi connectivity index (χ2n) is 5.11. The third-order valence-corrected chi connectivity index (χ3v) is 3.57. The molecule has 2 rings (SSSR count). The number of rotatable bonds is 3. The Labute approximate surface area is 118 Å². The molecule has 1 fully saturated rings. The molecule has 1 aliphatic heterocycles. The largest absolute Gasteiger partial charge is 0.340 e. The van der Waals surface area contributed by atoms with E-state index in [1.54, 1.807) is 7.05 Å². The Kier molecular flexibility index (Phi) is 4.70. The molecule has 1 aliphatic rings. The number of carbonyl (C=O) groups is 1. The lowest BCUT2D eigenvalue weighted by Crippen LogP contribution is -2.47. The van der Waals surface area contributed by atoms with Gasteiger partial charge in [0.15, 0.2) is 0 Å². The molecule has 0 spiro atoms. The van der Waals surface area contributed by atoms with E-state index in [1.807, 2.05) is 6.07 Å². The van der Waals surface area contributed by atoms with Crippen molar-refractivity contribution in [3.05, 3.63) is 35.1 Å². The summed E-state index contributed by atoms with van der Waals surface area (Å²) in [6, 6.07) is 6.00. The highest BCUT2D eigenvalue weighted by Gasteiger charge is 2.24. The van der Waals surface area contributed by atoms with Crippen molar-refractivity contribution in [3.8, 4) is 6.07 Å². The maximum absolute atomic E-state index is 13.7. The van der Waals surface area contributed by atoms with Crippen LogP contribution in [0.5, 0.6) is 0 Å². The molecule has 1 aromatic rings. The second kappa shape index (κ2) is 6.49. The first kappa shape index (κ1) is 14.5. The molecule has 0 saturated carbocycles. The molecule has 0 aliphatic carbocycles. The third kappa shape index (κ3) is 3.34. The summed E-state index contributed by atoms with van der Waals surface area (Å²) in [4.78, 5) is 13.8. The molecule has 1 N–H and O–H groups in total. The Bertz CT molecular complexity index is 532. The number of hydrogen-bond acceptors (Lipinski definition) is 3. The summed E-state index contributed by atoms with van der Waals surface area (Å²) < 4.78 is 13.7. The van der Waals surface area contributed by atoms with Crippen molar-refractivity contribution < 1.29 is 9.18 Å². The van der Waals surface area contributed by atoms with E-state index in [0.29, 0.717) is 11.1 Å². The van der Waals surface area contributed by atoms with Crippen molar-refractivity contribution in [2.45, 2.75) is 31.8 Å². The zero-order valence-corrected chi connectivity index (χ0v) is 11.5. The van der Waals surface area contributed by atoms with Crippen LogP contribution in [-0.4, -0.2) is 30.4 Å². The summed E-state index contributed by atoms with van der Waals surface area (Å²) in [6.45, 7) is 1.03. The van der Waals surface area contributed by atoms with Gasteiger partial charge in [0.25, 0.3) is 0 Å². The number of nitrogens with zero attached hydrogens (tertiary/aromatic N) is 2. The molecule has 5 heteroatoms. The van der Waals surface area contributed by atoms with Crippen LogP contribution in [0.3, 0.4) is 0 Å². The van der Waals surface area contributed by atoms with E-state index in [4.69, 9.17) is 5.26 Å². The topological polar surface area (TPSA) is 56.1 Å². The van der Waals surface area contributed by atoms with Crippen LogP contribution in [0, 0.1) is 17.1 Å². The van der Waals surface area contributed by atoms with Crippen LogP contribution in [0.4, 0.5) is 4.39 Å². The maximum Gasteiger partial charge on any atom is 0.239 e. The van der Waals surface area contributed by atoms with Crippen molar-refractivity contribution in [2.75, 3.05) is 13.6 Å². The van der Waals surface area contributed by atoms with Crippen LogP contribution in [0.15, 0.2) is 18.2 Å². The van der Waals surface area contributed by atoms with E-state index in [1.165, 1.54) is 23.1 Å². The number of hydrogen-bond donors (Lipinski definition) is 1. The molecule has 1 amide bonds. The van der Waals surface area contributed by atoms with Gasteiger partial charge in [-0.2, -0.15) is 5.26 Å². The van der Waals surface area contributed by atoms with Gasteiger partial charge in [-0.15, -0.1) is 0 Å². The SMILES string of the molecule is CN(Cc1cc(C#N)ccc1F)C(=O)[C@@H]1CCCCN1. The Morgan fingerprint density at radius 1 is 1.55 bits per heavy atom. The molecule has 1 aromatic carbocycles. The lowest BCUT2D eigenvalue weighted by Gasteiger charge is -2.27. The number of benzene rings is 1. The predicted molar refractivity (Wildman–Crippen MR) is 73.2 cm³/mol. The van der Waals surface area contributed by atoms with Gasteiger partial charge in [-0.3, -0.25) is 4.79 Å². The summed E-state index contributed by atoms with van der Waals surface area (Å²) in [5.74, 6) is -0.410. The predicted octanol–water partition coefficient (Wildman–Crippen LogP) is 1.80. The number of nitriles is 1. The molecule has 4 nitrogen and oxygen atoms in total. The molecule has 106 valence electrons. The fraction of sp³-hybridized carbons (Fsp3) is 0.467. The van der Waals surface area contributed by atoms with Gasteiger partial charge < -0.3 is 10.2 Å². The lowest BCUT2D eigenvalue weighted by atomic mass is 10.0. The maximum atomic E-state index is 13.7. The Balaban J connectivity index is 2.05. The Hall–Kier alpha value is -1.93. The van der Waals surface area contributed by atoms with E-state index in [2.05, 4.69) is 5.32 Å². The zero-order valence-electron chi connectivity index (χ0n) is 11.5. The standard InChI is InChI=1S/C15H18FN3O/c1-19(15(20)14-4-2-3-7-18-14)10-12-8-11(9-17)5-6-13(12)16/h5-6,8,14,18H,2-4,7,10H2,1H3/t14-/m0/s1. The first-order valence-electron chi connectivity index (χ1n) is 6.78. The van der Waals surface area contributed by atoms with Crippen LogP contribution < -0.4 is 5.32 Å². The first-order chi connectivity index (χ1) is 9.61. The van der Waals surface area contributed by atoms with Crippen LogP contribution in [0.2, 0.25) is 0 Å². The number of nitrogens with one attached hydrogen (secondary N) is 1.